The lowest BCUT2D eigenvalue weighted by Gasteiger charge is -2.30. The molecule has 0 aromatic rings. The third kappa shape index (κ3) is 3.87. The minimum Gasteiger partial charge on any atom is -0.480 e. The minimum atomic E-state index is -0.961. The predicted octanol–water partition coefficient (Wildman–Crippen LogP) is 0.293. The van der Waals surface area contributed by atoms with Crippen LogP contribution in [-0.4, -0.2) is 41.0 Å². The molecule has 0 saturated carbocycles. The summed E-state index contributed by atoms with van der Waals surface area (Å²) in [5.41, 5.74) is 5.28. The molecule has 0 heterocycles. The molecule has 0 aliphatic heterocycles. The minimum absolute atomic E-state index is 0.107. The zero-order valence-corrected chi connectivity index (χ0v) is 9.56. The van der Waals surface area contributed by atoms with Gasteiger partial charge in [-0.3, -0.25) is 4.79 Å². The summed E-state index contributed by atoms with van der Waals surface area (Å²) in [5.74, 6) is -1.26. The van der Waals surface area contributed by atoms with Crippen LogP contribution >= 0.6 is 0 Å². The molecule has 1 amide bonds. The number of carbonyl (C=O) groups is 2. The molecule has 88 valence electrons. The maximum absolute atomic E-state index is 11.6. The number of nitrogens with two attached hydrogens (primary N) is 1. The summed E-state index contributed by atoms with van der Waals surface area (Å²) in [7, 11) is 0. The lowest BCUT2D eigenvalue weighted by Crippen LogP contribution is -2.48. The first-order valence-electron chi connectivity index (χ1n) is 5.18. The Bertz CT molecular complexity index is 229. The average molecular weight is 216 g/mol. The largest absolute Gasteiger partial charge is 0.480 e. The van der Waals surface area contributed by atoms with Crippen molar-refractivity contribution in [2.45, 2.75) is 33.2 Å². The third-order valence-corrected chi connectivity index (χ3v) is 2.24. The van der Waals surface area contributed by atoms with E-state index in [2.05, 4.69) is 0 Å². The van der Waals surface area contributed by atoms with Gasteiger partial charge in [0.25, 0.3) is 0 Å². The number of nitrogens with zero attached hydrogens (tertiary/aromatic N) is 1. The fourth-order valence-corrected chi connectivity index (χ4v) is 1.57. The summed E-state index contributed by atoms with van der Waals surface area (Å²) in [4.78, 5) is 24.0. The van der Waals surface area contributed by atoms with Crippen LogP contribution in [0.2, 0.25) is 0 Å². The van der Waals surface area contributed by atoms with Gasteiger partial charge in [0.2, 0.25) is 5.91 Å². The second kappa shape index (κ2) is 6.40. The van der Waals surface area contributed by atoms with Crippen molar-refractivity contribution in [3.05, 3.63) is 0 Å². The number of carboxylic acids is 1. The molecule has 0 aliphatic carbocycles. The lowest BCUT2D eigenvalue weighted by atomic mass is 10.0. The van der Waals surface area contributed by atoms with Gasteiger partial charge in [-0.2, -0.15) is 0 Å². The maximum atomic E-state index is 11.6. The molecule has 0 aromatic heterocycles. The van der Waals surface area contributed by atoms with Crippen LogP contribution in [0.3, 0.4) is 0 Å². The van der Waals surface area contributed by atoms with Gasteiger partial charge in [0.15, 0.2) is 0 Å². The Kier molecular flexibility index (Phi) is 5.93. The van der Waals surface area contributed by atoms with Gasteiger partial charge in [-0.1, -0.05) is 13.8 Å². The Morgan fingerprint density at radius 2 is 1.93 bits per heavy atom. The monoisotopic (exact) mass is 216 g/mol. The standard InChI is InChI=1S/C10H20N2O3/c1-4-12(8(13)5-6-11)9(7(2)3)10(14)15/h7,9H,4-6,11H2,1-3H3,(H,14,15)/t9-/m0/s1. The molecular formula is C10H20N2O3. The van der Waals surface area contributed by atoms with Crippen molar-refractivity contribution >= 4 is 11.9 Å². The smallest absolute Gasteiger partial charge is 0.326 e. The Labute approximate surface area is 90.2 Å². The van der Waals surface area contributed by atoms with Gasteiger partial charge in [-0.25, -0.2) is 4.79 Å². The molecule has 15 heavy (non-hydrogen) atoms. The van der Waals surface area contributed by atoms with Crippen LogP contribution in [0.1, 0.15) is 27.2 Å². The molecule has 5 heteroatoms. The molecule has 3 N–H and O–H groups in total. The van der Waals surface area contributed by atoms with E-state index in [9.17, 15) is 9.59 Å². The third-order valence-electron chi connectivity index (χ3n) is 2.24. The number of amides is 1. The van der Waals surface area contributed by atoms with Gasteiger partial charge in [-0.15, -0.1) is 0 Å². The quantitative estimate of drug-likeness (QED) is 0.668. The second-order valence-corrected chi connectivity index (χ2v) is 3.75. The number of carbonyl (C=O) groups excluding carboxylic acids is 1. The predicted molar refractivity (Wildman–Crippen MR) is 57.3 cm³/mol. The Morgan fingerprint density at radius 1 is 1.40 bits per heavy atom. The van der Waals surface area contributed by atoms with Gasteiger partial charge in [0, 0.05) is 19.5 Å². The molecule has 0 rings (SSSR count). The first kappa shape index (κ1) is 13.9. The normalized spacial score (nSPS) is 12.6. The summed E-state index contributed by atoms with van der Waals surface area (Å²) in [6.07, 6.45) is 0.199. The van der Waals surface area contributed by atoms with Crippen LogP contribution in [0, 0.1) is 5.92 Å². The fraction of sp³-hybridized carbons (Fsp3) is 0.800. The Balaban J connectivity index is 4.74. The average Bonchev–Trinajstić information content (AvgIpc) is 2.12. The number of hydrogen-bond donors (Lipinski definition) is 2. The fourth-order valence-electron chi connectivity index (χ4n) is 1.57. The van der Waals surface area contributed by atoms with Crippen LogP contribution in [0.4, 0.5) is 0 Å². The summed E-state index contributed by atoms with van der Waals surface area (Å²) in [5, 5.41) is 9.04. The number of carboxylic acid groups (broad SMARTS) is 1. The van der Waals surface area contributed by atoms with Gasteiger partial charge in [0.05, 0.1) is 0 Å². The molecule has 0 bridgehead atoms. The summed E-state index contributed by atoms with van der Waals surface area (Å²) < 4.78 is 0. The molecule has 0 aliphatic rings. The van der Waals surface area contributed by atoms with Crippen LogP contribution < -0.4 is 5.73 Å². The highest BCUT2D eigenvalue weighted by Crippen LogP contribution is 2.12. The van der Waals surface area contributed by atoms with Crippen molar-refractivity contribution in [3.8, 4) is 0 Å². The van der Waals surface area contributed by atoms with Crippen LogP contribution in [0.5, 0.6) is 0 Å². The molecule has 0 fully saturated rings. The molecule has 0 saturated heterocycles. The molecule has 0 radical (unpaired) electrons. The number of rotatable bonds is 6. The second-order valence-electron chi connectivity index (χ2n) is 3.75. The van der Waals surface area contributed by atoms with Crippen molar-refractivity contribution in [2.24, 2.45) is 11.7 Å². The van der Waals surface area contributed by atoms with E-state index in [1.807, 2.05) is 0 Å². The van der Waals surface area contributed by atoms with E-state index < -0.39 is 12.0 Å². The zero-order chi connectivity index (χ0) is 12.0. The molecule has 0 unspecified atom stereocenters. The van der Waals surface area contributed by atoms with Crippen LogP contribution in [0.15, 0.2) is 0 Å². The van der Waals surface area contributed by atoms with E-state index in [4.69, 9.17) is 10.8 Å². The van der Waals surface area contributed by atoms with E-state index in [1.165, 1.54) is 4.90 Å². The first-order valence-corrected chi connectivity index (χ1v) is 5.18. The zero-order valence-electron chi connectivity index (χ0n) is 9.56. The van der Waals surface area contributed by atoms with E-state index in [0.29, 0.717) is 6.54 Å². The molecular weight excluding hydrogens is 196 g/mol. The number of likely N-dealkylation sites (N-methyl/N-ethyl adjacent to an activating group) is 1. The van der Waals surface area contributed by atoms with E-state index in [-0.39, 0.29) is 24.8 Å². The highest BCUT2D eigenvalue weighted by Gasteiger charge is 2.30. The van der Waals surface area contributed by atoms with Crippen molar-refractivity contribution < 1.29 is 14.7 Å². The molecule has 5 nitrogen and oxygen atoms in total. The Morgan fingerprint density at radius 3 is 2.20 bits per heavy atom. The van der Waals surface area contributed by atoms with Crippen LogP contribution in [-0.2, 0) is 9.59 Å². The molecule has 0 spiro atoms. The van der Waals surface area contributed by atoms with Gasteiger partial charge in [-0.05, 0) is 12.8 Å². The summed E-state index contributed by atoms with van der Waals surface area (Å²) in [6, 6.07) is -0.756. The van der Waals surface area contributed by atoms with E-state index in [0.717, 1.165) is 0 Å². The van der Waals surface area contributed by atoms with Crippen molar-refractivity contribution in [1.82, 2.24) is 4.90 Å². The van der Waals surface area contributed by atoms with Gasteiger partial charge in [0.1, 0.15) is 6.04 Å². The highest BCUT2D eigenvalue weighted by atomic mass is 16.4. The SMILES string of the molecule is CCN(C(=O)CCN)[C@H](C(=O)O)C(C)C. The first-order chi connectivity index (χ1) is 6.95. The Hall–Kier alpha value is -1.10. The topological polar surface area (TPSA) is 83.6 Å². The lowest BCUT2D eigenvalue weighted by molar-refractivity contribution is -0.152. The van der Waals surface area contributed by atoms with Crippen molar-refractivity contribution in [1.29, 1.82) is 0 Å². The van der Waals surface area contributed by atoms with Gasteiger partial charge >= 0.3 is 5.97 Å². The number of aliphatic carboxylic acids is 1. The highest BCUT2D eigenvalue weighted by molar-refractivity contribution is 5.83. The summed E-state index contributed by atoms with van der Waals surface area (Å²) in [6.45, 7) is 5.99. The molecule has 1 atom stereocenters. The summed E-state index contributed by atoms with van der Waals surface area (Å²) >= 11 is 0. The van der Waals surface area contributed by atoms with Gasteiger partial charge < -0.3 is 15.7 Å². The van der Waals surface area contributed by atoms with Crippen molar-refractivity contribution in [2.75, 3.05) is 13.1 Å². The van der Waals surface area contributed by atoms with Crippen LogP contribution in [0.25, 0.3) is 0 Å². The van der Waals surface area contributed by atoms with E-state index in [1.54, 1.807) is 20.8 Å². The number of hydrogen-bond acceptors (Lipinski definition) is 3. The van der Waals surface area contributed by atoms with E-state index >= 15 is 0 Å². The maximum Gasteiger partial charge on any atom is 0.326 e. The molecule has 0 aromatic carbocycles. The van der Waals surface area contributed by atoms with Crippen molar-refractivity contribution in [3.63, 3.8) is 0 Å².